The molecule has 2 nitrogen and oxygen atoms in total. The number of anilines is 1. The molecular formula is C21H23NO. The van der Waals surface area contributed by atoms with Crippen molar-refractivity contribution in [2.45, 2.75) is 27.2 Å². The number of fused-ring (bicyclic) bond motifs is 1. The summed E-state index contributed by atoms with van der Waals surface area (Å²) in [6, 6.07) is 14.4. The number of ketones is 1. The maximum absolute atomic E-state index is 12.5. The number of hydrogen-bond acceptors (Lipinski definition) is 2. The Balaban J connectivity index is 1.84. The van der Waals surface area contributed by atoms with E-state index in [2.05, 4.69) is 43.9 Å². The summed E-state index contributed by atoms with van der Waals surface area (Å²) in [5.74, 6) is 0.174. The molecule has 23 heavy (non-hydrogen) atoms. The fourth-order valence-electron chi connectivity index (χ4n) is 3.26. The minimum atomic E-state index is 0.174. The zero-order valence-corrected chi connectivity index (χ0v) is 14.1. The van der Waals surface area contributed by atoms with Crippen molar-refractivity contribution < 1.29 is 4.79 Å². The van der Waals surface area contributed by atoms with Crippen molar-refractivity contribution in [3.05, 3.63) is 70.3 Å². The van der Waals surface area contributed by atoms with Crippen LogP contribution in [-0.4, -0.2) is 18.9 Å². The summed E-state index contributed by atoms with van der Waals surface area (Å²) in [4.78, 5) is 14.8. The van der Waals surface area contributed by atoms with Gasteiger partial charge in [0, 0.05) is 36.3 Å². The molecule has 2 aromatic rings. The van der Waals surface area contributed by atoms with Gasteiger partial charge in [-0.15, -0.1) is 0 Å². The van der Waals surface area contributed by atoms with E-state index < -0.39 is 0 Å². The second-order valence-corrected chi connectivity index (χ2v) is 6.05. The van der Waals surface area contributed by atoms with Crippen molar-refractivity contribution in [2.24, 2.45) is 0 Å². The van der Waals surface area contributed by atoms with Crippen molar-refractivity contribution >= 4 is 17.5 Å². The number of nitrogens with zero attached hydrogens (tertiary/aromatic N) is 1. The minimum absolute atomic E-state index is 0.174. The van der Waals surface area contributed by atoms with Crippen LogP contribution in [0.5, 0.6) is 0 Å². The average Bonchev–Trinajstić information content (AvgIpc) is 2.88. The lowest BCUT2D eigenvalue weighted by Crippen LogP contribution is -2.21. The lowest BCUT2D eigenvalue weighted by atomic mass is 9.98. The highest BCUT2D eigenvalue weighted by Crippen LogP contribution is 2.29. The highest BCUT2D eigenvalue weighted by atomic mass is 16.1. The third-order valence-corrected chi connectivity index (χ3v) is 4.66. The van der Waals surface area contributed by atoms with Crippen molar-refractivity contribution in [1.82, 2.24) is 0 Å². The second-order valence-electron chi connectivity index (χ2n) is 6.05. The third kappa shape index (κ3) is 2.94. The van der Waals surface area contributed by atoms with Gasteiger partial charge in [-0.1, -0.05) is 30.3 Å². The van der Waals surface area contributed by atoms with Crippen LogP contribution in [0.4, 0.5) is 5.69 Å². The van der Waals surface area contributed by atoms with Crippen molar-refractivity contribution in [3.63, 3.8) is 0 Å². The molecule has 0 N–H and O–H groups in total. The first kappa shape index (κ1) is 15.5. The predicted octanol–water partition coefficient (Wildman–Crippen LogP) is 4.66. The van der Waals surface area contributed by atoms with E-state index in [0.717, 1.165) is 29.8 Å². The van der Waals surface area contributed by atoms with E-state index in [9.17, 15) is 4.79 Å². The summed E-state index contributed by atoms with van der Waals surface area (Å²) >= 11 is 0. The molecule has 0 aromatic heterocycles. The number of aryl methyl sites for hydroxylation is 1. The van der Waals surface area contributed by atoms with Crippen LogP contribution in [0.15, 0.2) is 48.0 Å². The molecule has 0 radical (unpaired) electrons. The smallest absolute Gasteiger partial charge is 0.189 e. The molecule has 0 atom stereocenters. The zero-order chi connectivity index (χ0) is 16.4. The Morgan fingerprint density at radius 3 is 2.39 bits per heavy atom. The molecule has 0 saturated carbocycles. The fraction of sp³-hybridized carbons (Fsp3) is 0.286. The first-order valence-corrected chi connectivity index (χ1v) is 8.32. The Bertz CT molecular complexity index is 769. The van der Waals surface area contributed by atoms with Crippen LogP contribution in [0, 0.1) is 6.92 Å². The van der Waals surface area contributed by atoms with Gasteiger partial charge in [0.25, 0.3) is 0 Å². The largest absolute Gasteiger partial charge is 0.372 e. The number of benzene rings is 2. The van der Waals surface area contributed by atoms with E-state index in [4.69, 9.17) is 0 Å². The lowest BCUT2D eigenvalue weighted by Gasteiger charge is -2.22. The topological polar surface area (TPSA) is 20.3 Å². The quantitative estimate of drug-likeness (QED) is 0.800. The average molecular weight is 305 g/mol. The highest BCUT2D eigenvalue weighted by Gasteiger charge is 2.22. The van der Waals surface area contributed by atoms with Gasteiger partial charge in [-0.3, -0.25) is 4.79 Å². The number of carbonyl (C=O) groups is 1. The summed E-state index contributed by atoms with van der Waals surface area (Å²) in [5, 5.41) is 0. The molecular weight excluding hydrogens is 282 g/mol. The Morgan fingerprint density at radius 2 is 1.74 bits per heavy atom. The van der Waals surface area contributed by atoms with Crippen molar-refractivity contribution in [1.29, 1.82) is 0 Å². The molecule has 0 heterocycles. The van der Waals surface area contributed by atoms with Crippen LogP contribution in [0.3, 0.4) is 0 Å². The molecule has 2 heteroatoms. The molecule has 0 aliphatic heterocycles. The van der Waals surface area contributed by atoms with E-state index in [0.29, 0.717) is 6.42 Å². The first-order valence-electron chi connectivity index (χ1n) is 8.32. The predicted molar refractivity (Wildman–Crippen MR) is 97.2 cm³/mol. The number of carbonyl (C=O) groups excluding carboxylic acids is 1. The Morgan fingerprint density at radius 1 is 1.00 bits per heavy atom. The Labute approximate surface area is 138 Å². The van der Waals surface area contributed by atoms with Gasteiger partial charge in [-0.05, 0) is 55.7 Å². The molecule has 0 saturated heterocycles. The number of allylic oxidation sites excluding steroid dienone is 1. The zero-order valence-electron chi connectivity index (χ0n) is 14.1. The normalized spacial score (nSPS) is 13.0. The van der Waals surface area contributed by atoms with Gasteiger partial charge < -0.3 is 4.90 Å². The molecule has 0 unspecified atom stereocenters. The molecule has 0 bridgehead atoms. The summed E-state index contributed by atoms with van der Waals surface area (Å²) in [7, 11) is 0. The maximum atomic E-state index is 12.5. The van der Waals surface area contributed by atoms with E-state index in [1.165, 1.54) is 16.8 Å². The van der Waals surface area contributed by atoms with Crippen molar-refractivity contribution in [2.75, 3.05) is 18.0 Å². The molecule has 118 valence electrons. The van der Waals surface area contributed by atoms with Gasteiger partial charge in [-0.2, -0.15) is 0 Å². The van der Waals surface area contributed by atoms with Gasteiger partial charge >= 0.3 is 0 Å². The number of hydrogen-bond donors (Lipinski definition) is 0. The van der Waals surface area contributed by atoms with Crippen LogP contribution in [-0.2, 0) is 6.42 Å². The summed E-state index contributed by atoms with van der Waals surface area (Å²) < 4.78 is 0. The molecule has 1 aliphatic carbocycles. The van der Waals surface area contributed by atoms with Crippen molar-refractivity contribution in [3.8, 4) is 0 Å². The monoisotopic (exact) mass is 305 g/mol. The summed E-state index contributed by atoms with van der Waals surface area (Å²) in [6.07, 6.45) is 2.74. The maximum Gasteiger partial charge on any atom is 0.189 e. The Kier molecular flexibility index (Phi) is 4.33. The standard InChI is InChI=1S/C21H23NO/c1-4-22(5-2)19-11-10-16(15(3)12-19)13-18-14-17-8-6-7-9-20(17)21(18)23/h6-12,14H,4-5,13H2,1-3H3. The Hall–Kier alpha value is -2.35. The van der Waals surface area contributed by atoms with Crippen LogP contribution in [0.1, 0.15) is 40.9 Å². The van der Waals surface area contributed by atoms with Crippen LogP contribution in [0.25, 0.3) is 6.08 Å². The minimum Gasteiger partial charge on any atom is -0.372 e. The molecule has 0 amide bonds. The number of rotatable bonds is 5. The lowest BCUT2D eigenvalue weighted by molar-refractivity contribution is 0.103. The SMILES string of the molecule is CCN(CC)c1ccc(CC2=Cc3ccccc3C2=O)c(C)c1. The molecule has 0 fully saturated rings. The van der Waals surface area contributed by atoms with E-state index in [1.807, 2.05) is 30.3 Å². The van der Waals surface area contributed by atoms with Gasteiger partial charge in [0.05, 0.1) is 0 Å². The van der Waals surface area contributed by atoms with E-state index in [1.54, 1.807) is 0 Å². The van der Waals surface area contributed by atoms with Gasteiger partial charge in [0.2, 0.25) is 0 Å². The van der Waals surface area contributed by atoms with Crippen LogP contribution >= 0.6 is 0 Å². The van der Waals surface area contributed by atoms with Crippen LogP contribution < -0.4 is 4.90 Å². The third-order valence-electron chi connectivity index (χ3n) is 4.66. The molecule has 1 aliphatic rings. The van der Waals surface area contributed by atoms with Gasteiger partial charge in [0.15, 0.2) is 5.78 Å². The first-order chi connectivity index (χ1) is 11.1. The summed E-state index contributed by atoms with van der Waals surface area (Å²) in [6.45, 7) is 8.50. The number of Topliss-reactive ketones (excluding diaryl/α,β-unsaturated/α-hetero) is 1. The van der Waals surface area contributed by atoms with Crippen LogP contribution in [0.2, 0.25) is 0 Å². The van der Waals surface area contributed by atoms with Gasteiger partial charge in [0.1, 0.15) is 0 Å². The molecule has 0 spiro atoms. The fourth-order valence-corrected chi connectivity index (χ4v) is 3.26. The molecule has 3 rings (SSSR count). The molecule has 2 aromatic carbocycles. The highest BCUT2D eigenvalue weighted by molar-refractivity contribution is 6.18. The second kappa shape index (κ2) is 6.41. The van der Waals surface area contributed by atoms with E-state index >= 15 is 0 Å². The van der Waals surface area contributed by atoms with E-state index in [-0.39, 0.29) is 5.78 Å². The summed E-state index contributed by atoms with van der Waals surface area (Å²) in [5.41, 5.74) is 6.51. The van der Waals surface area contributed by atoms with Gasteiger partial charge in [-0.25, -0.2) is 0 Å².